The molecule has 0 unspecified atom stereocenters. The lowest BCUT2D eigenvalue weighted by atomic mass is 9.72. The third-order valence-corrected chi connectivity index (χ3v) is 3.20. The smallest absolute Gasteiger partial charge is 0.228 e. The fraction of sp³-hybridized carbons (Fsp3) is 0.462. The summed E-state index contributed by atoms with van der Waals surface area (Å²) in [6.07, 6.45) is 2.73. The first-order valence-corrected chi connectivity index (χ1v) is 5.29. The molecule has 1 fully saturated rings. The Morgan fingerprint density at radius 3 is 3.07 bits per heavy atom. The topological polar surface area (TPSA) is 29.1 Å². The van der Waals surface area contributed by atoms with Gasteiger partial charge in [-0.15, -0.1) is 0 Å². The van der Waals surface area contributed by atoms with E-state index in [0.717, 1.165) is 12.8 Å². The number of carbonyl (C=O) groups is 1. The minimum atomic E-state index is -1.30. The van der Waals surface area contributed by atoms with Gasteiger partial charge in [-0.1, -0.05) is 31.0 Å². The molecule has 1 aromatic carbocycles. The first-order valence-electron chi connectivity index (χ1n) is 7.79. The van der Waals surface area contributed by atoms with Gasteiger partial charge in [-0.3, -0.25) is 4.79 Å². The molecule has 1 aliphatic heterocycles. The monoisotopic (exact) mass is 206 g/mol. The number of carbonyl (C=O) groups excluding carboxylic acids is 1. The Morgan fingerprint density at radius 1 is 1.33 bits per heavy atom. The van der Waals surface area contributed by atoms with Crippen LogP contribution in [0.4, 0.5) is 5.69 Å². The van der Waals surface area contributed by atoms with Crippen molar-refractivity contribution in [2.24, 2.45) is 5.89 Å². The molecule has 1 saturated carbocycles. The highest BCUT2D eigenvalue weighted by molar-refractivity contribution is 5.96. The van der Waals surface area contributed by atoms with Crippen molar-refractivity contribution in [1.82, 2.24) is 0 Å². The SMILES string of the molecule is [2H]c1c([2H])c([2H])c2c(c1[2H])NC(=O)[C@@]1([2H])CCCC[C@@H]21. The van der Waals surface area contributed by atoms with E-state index in [4.69, 9.17) is 6.85 Å². The fourth-order valence-electron chi connectivity index (χ4n) is 2.48. The zero-order chi connectivity index (χ0) is 14.7. The van der Waals surface area contributed by atoms with Gasteiger partial charge < -0.3 is 5.32 Å². The number of amides is 1. The van der Waals surface area contributed by atoms with Crippen LogP contribution in [0.25, 0.3) is 0 Å². The summed E-state index contributed by atoms with van der Waals surface area (Å²) in [4.78, 5) is 12.2. The average Bonchev–Trinajstić information content (AvgIpc) is 2.43. The van der Waals surface area contributed by atoms with Gasteiger partial charge in [-0.05, 0) is 30.4 Å². The van der Waals surface area contributed by atoms with Crippen molar-refractivity contribution in [3.8, 4) is 0 Å². The summed E-state index contributed by atoms with van der Waals surface area (Å²) >= 11 is 0. The quantitative estimate of drug-likeness (QED) is 0.694. The van der Waals surface area contributed by atoms with Gasteiger partial charge in [-0.2, -0.15) is 0 Å². The van der Waals surface area contributed by atoms with Crippen LogP contribution in [0.2, 0.25) is 0 Å². The van der Waals surface area contributed by atoms with E-state index in [1.54, 1.807) is 0 Å². The maximum Gasteiger partial charge on any atom is 0.228 e. The minimum Gasteiger partial charge on any atom is -0.326 e. The van der Waals surface area contributed by atoms with E-state index in [1.807, 2.05) is 0 Å². The Kier molecular flexibility index (Phi) is 1.16. The molecule has 2 atom stereocenters. The molecule has 1 amide bonds. The average molecular weight is 206 g/mol. The summed E-state index contributed by atoms with van der Waals surface area (Å²) in [6.45, 7) is 0. The molecule has 2 nitrogen and oxygen atoms in total. The molecule has 78 valence electrons. The molecular weight excluding hydrogens is 186 g/mol. The second kappa shape index (κ2) is 3.37. The standard InChI is InChI=1S/C13H15NO/c15-13-11-7-2-1-5-9(11)10-6-3-4-8-12(10)14-13/h3-4,6,8-9,11H,1-2,5,7H2,(H,14,15)/t9-,11-/m0/s1/i3D,4D,6D,8D,11D. The third-order valence-electron chi connectivity index (χ3n) is 3.20. The van der Waals surface area contributed by atoms with E-state index in [-0.39, 0.29) is 29.9 Å². The van der Waals surface area contributed by atoms with Gasteiger partial charge in [0.2, 0.25) is 5.91 Å². The molecule has 0 bridgehead atoms. The van der Waals surface area contributed by atoms with Crippen LogP contribution in [0, 0.1) is 5.89 Å². The predicted octanol–water partition coefficient (Wildman–Crippen LogP) is 2.91. The van der Waals surface area contributed by atoms with E-state index >= 15 is 0 Å². The molecule has 0 radical (unpaired) electrons. The first kappa shape index (κ1) is 5.15. The highest BCUT2D eigenvalue weighted by Gasteiger charge is 2.36. The maximum atomic E-state index is 12.2. The number of fused-ring (bicyclic) bond motifs is 3. The van der Waals surface area contributed by atoms with Gasteiger partial charge in [0, 0.05) is 13.0 Å². The summed E-state index contributed by atoms with van der Waals surface area (Å²) in [6, 6.07) is -0.980. The van der Waals surface area contributed by atoms with Crippen LogP contribution in [0.5, 0.6) is 0 Å². The Bertz CT molecular complexity index is 618. The van der Waals surface area contributed by atoms with Crippen molar-refractivity contribution < 1.29 is 11.6 Å². The number of hydrogen-bond acceptors (Lipinski definition) is 1. The largest absolute Gasteiger partial charge is 0.326 e. The Balaban J connectivity index is 2.29. The lowest BCUT2D eigenvalue weighted by Gasteiger charge is -2.36. The minimum absolute atomic E-state index is 0.121. The lowest BCUT2D eigenvalue weighted by Crippen LogP contribution is -2.35. The highest BCUT2D eigenvalue weighted by Crippen LogP contribution is 2.44. The van der Waals surface area contributed by atoms with Crippen molar-refractivity contribution >= 4 is 11.6 Å². The summed E-state index contributed by atoms with van der Waals surface area (Å²) in [5.74, 6) is -2.19. The van der Waals surface area contributed by atoms with Crippen LogP contribution >= 0.6 is 0 Å². The molecular formula is C13H15NO. The van der Waals surface area contributed by atoms with E-state index in [0.29, 0.717) is 18.4 Å². The maximum absolute atomic E-state index is 12.2. The van der Waals surface area contributed by atoms with Gasteiger partial charge in [-0.25, -0.2) is 0 Å². The van der Waals surface area contributed by atoms with Gasteiger partial charge in [0.05, 0.1) is 5.48 Å². The molecule has 3 rings (SSSR count). The number of rotatable bonds is 0. The third kappa shape index (κ3) is 1.36. The van der Waals surface area contributed by atoms with Gasteiger partial charge in [0.25, 0.3) is 0 Å². The molecule has 1 aliphatic carbocycles. The Labute approximate surface area is 96.7 Å². The summed E-state index contributed by atoms with van der Waals surface area (Å²) < 4.78 is 39.9. The summed E-state index contributed by atoms with van der Waals surface area (Å²) in [7, 11) is 0. The molecule has 15 heavy (non-hydrogen) atoms. The van der Waals surface area contributed by atoms with Gasteiger partial charge in [0.15, 0.2) is 0 Å². The zero-order valence-corrected chi connectivity index (χ0v) is 8.31. The first-order chi connectivity index (χ1) is 9.38. The van der Waals surface area contributed by atoms with Crippen LogP contribution in [0.15, 0.2) is 24.2 Å². The fourth-order valence-corrected chi connectivity index (χ4v) is 2.48. The molecule has 2 aliphatic rings. The van der Waals surface area contributed by atoms with Crippen molar-refractivity contribution in [1.29, 1.82) is 0 Å². The van der Waals surface area contributed by atoms with Gasteiger partial charge in [0.1, 0.15) is 0 Å². The number of para-hydroxylation sites is 1. The zero-order valence-electron chi connectivity index (χ0n) is 13.3. The van der Waals surface area contributed by atoms with E-state index in [2.05, 4.69) is 5.32 Å². The summed E-state index contributed by atoms with van der Waals surface area (Å²) in [5, 5.41) is 2.54. The molecule has 1 N–H and O–H groups in total. The van der Waals surface area contributed by atoms with E-state index < -0.39 is 17.7 Å². The van der Waals surface area contributed by atoms with E-state index in [9.17, 15) is 4.79 Å². The van der Waals surface area contributed by atoms with Crippen molar-refractivity contribution in [2.45, 2.75) is 31.6 Å². The van der Waals surface area contributed by atoms with Crippen LogP contribution in [-0.4, -0.2) is 5.91 Å². The van der Waals surface area contributed by atoms with Crippen molar-refractivity contribution in [3.05, 3.63) is 29.7 Å². The van der Waals surface area contributed by atoms with Crippen molar-refractivity contribution in [2.75, 3.05) is 5.32 Å². The number of anilines is 1. The van der Waals surface area contributed by atoms with Crippen LogP contribution < -0.4 is 5.32 Å². The van der Waals surface area contributed by atoms with Gasteiger partial charge >= 0.3 is 0 Å². The van der Waals surface area contributed by atoms with Crippen molar-refractivity contribution in [3.63, 3.8) is 0 Å². The molecule has 2 heteroatoms. The Hall–Kier alpha value is -1.31. The summed E-state index contributed by atoms with van der Waals surface area (Å²) in [5.41, 5.74) is 0.570. The van der Waals surface area contributed by atoms with Crippen LogP contribution in [-0.2, 0) is 4.79 Å². The second-order valence-electron chi connectivity index (χ2n) is 4.07. The molecule has 1 heterocycles. The Morgan fingerprint density at radius 2 is 2.13 bits per heavy atom. The molecule has 0 aromatic heterocycles. The number of benzene rings is 1. The van der Waals surface area contributed by atoms with Crippen LogP contribution in [0.1, 0.15) is 44.0 Å². The normalized spacial score (nSPS) is 38.5. The van der Waals surface area contributed by atoms with E-state index in [1.165, 1.54) is 0 Å². The molecule has 0 spiro atoms. The molecule has 1 aromatic rings. The number of hydrogen-bond donors (Lipinski definition) is 1. The lowest BCUT2D eigenvalue weighted by molar-refractivity contribution is -0.121. The second-order valence-corrected chi connectivity index (χ2v) is 4.07. The van der Waals surface area contributed by atoms with Crippen LogP contribution in [0.3, 0.4) is 0 Å². The predicted molar refractivity (Wildman–Crippen MR) is 59.8 cm³/mol. The number of nitrogens with one attached hydrogen (secondary N) is 1. The highest BCUT2D eigenvalue weighted by atomic mass is 16.2. The molecule has 0 saturated heterocycles.